The molecule has 1 aromatic rings. The van der Waals surface area contributed by atoms with Crippen molar-refractivity contribution in [3.05, 3.63) is 23.4 Å². The van der Waals surface area contributed by atoms with Crippen molar-refractivity contribution in [2.75, 3.05) is 11.9 Å². The number of nitrogens with one attached hydrogen (secondary N) is 1. The van der Waals surface area contributed by atoms with E-state index in [1.807, 2.05) is 19.1 Å². The van der Waals surface area contributed by atoms with Crippen LogP contribution in [0.5, 0.6) is 0 Å². The molecule has 2 unspecified atom stereocenters. The quantitative estimate of drug-likeness (QED) is 0.873. The van der Waals surface area contributed by atoms with Gasteiger partial charge in [-0.1, -0.05) is 19.8 Å². The lowest BCUT2D eigenvalue weighted by Gasteiger charge is -2.43. The normalized spacial score (nSPS) is 26.7. The summed E-state index contributed by atoms with van der Waals surface area (Å²) in [5, 5.41) is 12.7. The Kier molecular flexibility index (Phi) is 4.06. The summed E-state index contributed by atoms with van der Waals surface area (Å²) in [6.45, 7) is 4.75. The van der Waals surface area contributed by atoms with Crippen LogP contribution in [0.15, 0.2) is 12.1 Å². The van der Waals surface area contributed by atoms with E-state index in [1.54, 1.807) is 0 Å². The molecule has 0 radical (unpaired) electrons. The Morgan fingerprint density at radius 3 is 2.95 bits per heavy atom. The number of nitriles is 1. The number of aryl methyl sites for hydroxylation is 1. The predicted molar refractivity (Wildman–Crippen MR) is 76.7 cm³/mol. The number of pyridine rings is 1. The van der Waals surface area contributed by atoms with Crippen molar-refractivity contribution in [3.8, 4) is 6.07 Å². The summed E-state index contributed by atoms with van der Waals surface area (Å²) in [7, 11) is 0. The molecule has 1 fully saturated rings. The molecule has 0 aliphatic heterocycles. The Labute approximate surface area is 115 Å². The zero-order chi connectivity index (χ0) is 13.9. The average molecular weight is 258 g/mol. The Morgan fingerprint density at radius 2 is 2.32 bits per heavy atom. The van der Waals surface area contributed by atoms with Gasteiger partial charge in [0.15, 0.2) is 0 Å². The molecule has 19 heavy (non-hydrogen) atoms. The van der Waals surface area contributed by atoms with Crippen LogP contribution < -0.4 is 11.1 Å². The first-order chi connectivity index (χ1) is 9.11. The average Bonchev–Trinajstić information content (AvgIpc) is 2.42. The monoisotopic (exact) mass is 258 g/mol. The first kappa shape index (κ1) is 13.8. The summed E-state index contributed by atoms with van der Waals surface area (Å²) in [4.78, 5) is 4.48. The van der Waals surface area contributed by atoms with Gasteiger partial charge in [0.25, 0.3) is 0 Å². The van der Waals surface area contributed by atoms with Crippen molar-refractivity contribution in [3.63, 3.8) is 0 Å². The topological polar surface area (TPSA) is 74.7 Å². The van der Waals surface area contributed by atoms with E-state index in [1.165, 1.54) is 19.3 Å². The Morgan fingerprint density at radius 1 is 1.53 bits per heavy atom. The van der Waals surface area contributed by atoms with Crippen LogP contribution in [0, 0.1) is 24.2 Å². The van der Waals surface area contributed by atoms with Crippen LogP contribution in [-0.4, -0.2) is 17.1 Å². The van der Waals surface area contributed by atoms with Crippen molar-refractivity contribution in [1.82, 2.24) is 4.98 Å². The molecule has 0 aromatic carbocycles. The van der Waals surface area contributed by atoms with Crippen LogP contribution in [0.25, 0.3) is 0 Å². The molecule has 0 saturated heterocycles. The highest BCUT2D eigenvalue weighted by atomic mass is 15.1. The zero-order valence-electron chi connectivity index (χ0n) is 11.7. The Balaban J connectivity index is 2.32. The highest BCUT2D eigenvalue weighted by Crippen LogP contribution is 2.36. The number of rotatable bonds is 3. The van der Waals surface area contributed by atoms with Gasteiger partial charge < -0.3 is 11.1 Å². The van der Waals surface area contributed by atoms with E-state index in [9.17, 15) is 5.26 Å². The summed E-state index contributed by atoms with van der Waals surface area (Å²) in [6, 6.07) is 5.89. The van der Waals surface area contributed by atoms with Crippen molar-refractivity contribution in [2.24, 2.45) is 11.7 Å². The van der Waals surface area contributed by atoms with Crippen molar-refractivity contribution < 1.29 is 0 Å². The molecule has 4 nitrogen and oxygen atoms in total. The van der Waals surface area contributed by atoms with E-state index in [0.29, 0.717) is 23.8 Å². The molecule has 3 N–H and O–H groups in total. The molecule has 2 rings (SSSR count). The van der Waals surface area contributed by atoms with Crippen LogP contribution in [0.3, 0.4) is 0 Å². The van der Waals surface area contributed by atoms with Gasteiger partial charge >= 0.3 is 0 Å². The minimum Gasteiger partial charge on any atom is -0.362 e. The fourth-order valence-corrected chi connectivity index (χ4v) is 2.93. The first-order valence-corrected chi connectivity index (χ1v) is 6.97. The second-order valence-corrected chi connectivity index (χ2v) is 5.59. The second-order valence-electron chi connectivity index (χ2n) is 5.59. The van der Waals surface area contributed by atoms with E-state index in [4.69, 9.17) is 5.73 Å². The molecule has 102 valence electrons. The van der Waals surface area contributed by atoms with Gasteiger partial charge in [0.2, 0.25) is 0 Å². The third kappa shape index (κ3) is 2.71. The molecule has 0 amide bonds. The number of aromatic nitrogens is 1. The van der Waals surface area contributed by atoms with Gasteiger partial charge in [-0.3, -0.25) is 0 Å². The highest BCUT2D eigenvalue weighted by Gasteiger charge is 2.37. The van der Waals surface area contributed by atoms with Crippen LogP contribution in [0.2, 0.25) is 0 Å². The van der Waals surface area contributed by atoms with E-state index < -0.39 is 0 Å². The SMILES string of the molecule is Cc1ccc(C#N)c(NC2(CN)CCCCC2C)n1. The maximum atomic E-state index is 9.20. The Hall–Kier alpha value is -1.60. The molecule has 0 spiro atoms. The molecular weight excluding hydrogens is 236 g/mol. The summed E-state index contributed by atoms with van der Waals surface area (Å²) in [5.74, 6) is 1.18. The molecule has 1 aromatic heterocycles. The van der Waals surface area contributed by atoms with Crippen LogP contribution in [0.4, 0.5) is 5.82 Å². The molecular formula is C15H22N4. The maximum absolute atomic E-state index is 9.20. The van der Waals surface area contributed by atoms with Gasteiger partial charge in [-0.15, -0.1) is 0 Å². The lowest BCUT2D eigenvalue weighted by Crippen LogP contribution is -2.52. The highest BCUT2D eigenvalue weighted by molar-refractivity contribution is 5.54. The van der Waals surface area contributed by atoms with Gasteiger partial charge in [-0.05, 0) is 37.8 Å². The standard InChI is InChI=1S/C15H22N4/c1-11-5-3-4-8-15(11,10-17)19-14-13(9-16)7-6-12(2)18-14/h6-7,11H,3-5,8,10,17H2,1-2H3,(H,18,19). The number of hydrogen-bond acceptors (Lipinski definition) is 4. The summed E-state index contributed by atoms with van der Waals surface area (Å²) >= 11 is 0. The molecule has 1 aliphatic rings. The van der Waals surface area contributed by atoms with E-state index in [2.05, 4.69) is 23.3 Å². The van der Waals surface area contributed by atoms with Crippen LogP contribution in [-0.2, 0) is 0 Å². The molecule has 4 heteroatoms. The minimum absolute atomic E-state index is 0.120. The number of hydrogen-bond donors (Lipinski definition) is 2. The van der Waals surface area contributed by atoms with Gasteiger partial charge in [-0.25, -0.2) is 4.98 Å². The molecule has 1 saturated carbocycles. The lowest BCUT2D eigenvalue weighted by atomic mass is 9.73. The smallest absolute Gasteiger partial charge is 0.144 e. The predicted octanol–water partition coefficient (Wildman–Crippen LogP) is 2.58. The van der Waals surface area contributed by atoms with Gasteiger partial charge in [-0.2, -0.15) is 5.26 Å². The second kappa shape index (κ2) is 5.58. The Bertz CT molecular complexity index is 491. The maximum Gasteiger partial charge on any atom is 0.144 e. The molecule has 1 aliphatic carbocycles. The summed E-state index contributed by atoms with van der Waals surface area (Å²) in [6.07, 6.45) is 4.67. The lowest BCUT2D eigenvalue weighted by molar-refractivity contribution is 0.235. The fraction of sp³-hybridized carbons (Fsp3) is 0.600. The van der Waals surface area contributed by atoms with Crippen molar-refractivity contribution in [2.45, 2.75) is 45.1 Å². The van der Waals surface area contributed by atoms with E-state index in [-0.39, 0.29) is 5.54 Å². The number of anilines is 1. The molecule has 1 heterocycles. The van der Waals surface area contributed by atoms with Crippen molar-refractivity contribution in [1.29, 1.82) is 5.26 Å². The summed E-state index contributed by atoms with van der Waals surface area (Å²) < 4.78 is 0. The van der Waals surface area contributed by atoms with Crippen LogP contribution in [0.1, 0.15) is 43.9 Å². The van der Waals surface area contributed by atoms with Gasteiger partial charge in [0.1, 0.15) is 11.9 Å². The third-order valence-corrected chi connectivity index (χ3v) is 4.34. The van der Waals surface area contributed by atoms with Gasteiger partial charge in [0, 0.05) is 12.2 Å². The van der Waals surface area contributed by atoms with Gasteiger partial charge in [0.05, 0.1) is 11.1 Å². The minimum atomic E-state index is -0.120. The number of nitrogens with zero attached hydrogens (tertiary/aromatic N) is 2. The third-order valence-electron chi connectivity index (χ3n) is 4.34. The van der Waals surface area contributed by atoms with Crippen molar-refractivity contribution >= 4 is 5.82 Å². The fourth-order valence-electron chi connectivity index (χ4n) is 2.93. The number of nitrogens with two attached hydrogens (primary N) is 1. The van der Waals surface area contributed by atoms with E-state index in [0.717, 1.165) is 12.1 Å². The largest absolute Gasteiger partial charge is 0.362 e. The first-order valence-electron chi connectivity index (χ1n) is 6.97. The zero-order valence-corrected chi connectivity index (χ0v) is 11.7. The summed E-state index contributed by atoms with van der Waals surface area (Å²) in [5.41, 5.74) is 7.42. The van der Waals surface area contributed by atoms with Crippen LogP contribution >= 0.6 is 0 Å². The molecule has 0 bridgehead atoms. The van der Waals surface area contributed by atoms with E-state index >= 15 is 0 Å². The molecule has 2 atom stereocenters.